The van der Waals surface area contributed by atoms with Gasteiger partial charge in [-0.25, -0.2) is 0 Å². The Hall–Kier alpha value is 0.380. The first kappa shape index (κ1) is 6.50. The summed E-state index contributed by atoms with van der Waals surface area (Å²) < 4.78 is 0. The van der Waals surface area contributed by atoms with Gasteiger partial charge in [-0.15, -0.1) is 0 Å². The Morgan fingerprint density at radius 3 is 2.88 bits per heavy atom. The molecule has 1 unspecified atom stereocenters. The lowest BCUT2D eigenvalue weighted by atomic mass is 10.1. The molecule has 1 aliphatic rings. The monoisotopic (exact) mass is 148 g/mol. The van der Waals surface area contributed by atoms with E-state index in [4.69, 9.17) is 11.6 Å². The van der Waals surface area contributed by atoms with Gasteiger partial charge < -0.3 is 0 Å². The van der Waals surface area contributed by atoms with Crippen molar-refractivity contribution in [2.75, 3.05) is 0 Å². The van der Waals surface area contributed by atoms with Crippen LogP contribution in [0.4, 0.5) is 0 Å². The van der Waals surface area contributed by atoms with Crippen LogP contribution in [0.5, 0.6) is 0 Å². The number of rotatable bonds is 0. The minimum Gasteiger partial charge on any atom is -0.172 e. The standard InChI is InChI=1S/C6H9ClS/c7-5-2-1-3-6(8)4-5/h4,6,8H,1-3H2. The Bertz CT molecular complexity index is 109. The van der Waals surface area contributed by atoms with Gasteiger partial charge in [0, 0.05) is 10.3 Å². The SMILES string of the molecule is SC1C=C(Cl)CCC1. The summed E-state index contributed by atoms with van der Waals surface area (Å²) in [5, 5.41) is 1.40. The van der Waals surface area contributed by atoms with Crippen LogP contribution in [0, 0.1) is 0 Å². The van der Waals surface area contributed by atoms with Crippen molar-refractivity contribution in [2.24, 2.45) is 0 Å². The van der Waals surface area contributed by atoms with E-state index in [0.717, 1.165) is 11.5 Å². The number of halogens is 1. The molecule has 0 nitrogen and oxygen atoms in total. The van der Waals surface area contributed by atoms with E-state index in [0.29, 0.717) is 5.25 Å². The second-order valence-corrected chi connectivity index (χ2v) is 3.22. The van der Waals surface area contributed by atoms with Crippen LogP contribution >= 0.6 is 24.2 Å². The summed E-state index contributed by atoms with van der Waals surface area (Å²) in [5.41, 5.74) is 0. The molecule has 46 valence electrons. The molecule has 0 aromatic heterocycles. The van der Waals surface area contributed by atoms with Gasteiger partial charge in [0.05, 0.1) is 0 Å². The van der Waals surface area contributed by atoms with Crippen molar-refractivity contribution in [3.05, 3.63) is 11.1 Å². The van der Waals surface area contributed by atoms with Crippen LogP contribution in [0.1, 0.15) is 19.3 Å². The third-order valence-corrected chi connectivity index (χ3v) is 2.01. The van der Waals surface area contributed by atoms with Gasteiger partial charge in [-0.05, 0) is 19.3 Å². The average Bonchev–Trinajstić information content (AvgIpc) is 1.64. The van der Waals surface area contributed by atoms with Crippen LogP contribution in [0.3, 0.4) is 0 Å². The Morgan fingerprint density at radius 2 is 2.50 bits per heavy atom. The van der Waals surface area contributed by atoms with Crippen LogP contribution in [0.15, 0.2) is 11.1 Å². The highest BCUT2D eigenvalue weighted by Crippen LogP contribution is 2.23. The van der Waals surface area contributed by atoms with Gasteiger partial charge >= 0.3 is 0 Å². The predicted molar refractivity (Wildman–Crippen MR) is 40.6 cm³/mol. The molecule has 0 radical (unpaired) electrons. The van der Waals surface area contributed by atoms with Crippen molar-refractivity contribution < 1.29 is 0 Å². The van der Waals surface area contributed by atoms with Gasteiger partial charge in [-0.1, -0.05) is 17.7 Å². The van der Waals surface area contributed by atoms with Crippen molar-refractivity contribution in [1.82, 2.24) is 0 Å². The Morgan fingerprint density at radius 1 is 1.75 bits per heavy atom. The summed E-state index contributed by atoms with van der Waals surface area (Å²) in [6, 6.07) is 0. The largest absolute Gasteiger partial charge is 0.172 e. The number of hydrogen-bond donors (Lipinski definition) is 1. The van der Waals surface area contributed by atoms with E-state index >= 15 is 0 Å². The molecule has 0 saturated carbocycles. The first-order valence-electron chi connectivity index (χ1n) is 2.83. The number of allylic oxidation sites excluding steroid dienone is 1. The zero-order valence-corrected chi connectivity index (χ0v) is 6.25. The molecule has 1 rings (SSSR count). The molecule has 0 aromatic carbocycles. The zero-order chi connectivity index (χ0) is 5.98. The second-order valence-electron chi connectivity index (χ2n) is 2.07. The summed E-state index contributed by atoms with van der Waals surface area (Å²) in [7, 11) is 0. The van der Waals surface area contributed by atoms with Crippen molar-refractivity contribution >= 4 is 24.2 Å². The zero-order valence-electron chi connectivity index (χ0n) is 4.60. The highest BCUT2D eigenvalue weighted by molar-refractivity contribution is 7.81. The van der Waals surface area contributed by atoms with Gasteiger partial charge in [-0.2, -0.15) is 12.6 Å². The van der Waals surface area contributed by atoms with Crippen LogP contribution in [-0.4, -0.2) is 5.25 Å². The minimum atomic E-state index is 0.413. The maximum absolute atomic E-state index is 5.72. The first-order chi connectivity index (χ1) is 3.79. The second kappa shape index (κ2) is 2.79. The van der Waals surface area contributed by atoms with Crippen LogP contribution in [-0.2, 0) is 0 Å². The van der Waals surface area contributed by atoms with Crippen LogP contribution in [0.25, 0.3) is 0 Å². The molecule has 0 fully saturated rings. The molecule has 0 saturated heterocycles. The van der Waals surface area contributed by atoms with E-state index in [-0.39, 0.29) is 0 Å². The lowest BCUT2D eigenvalue weighted by molar-refractivity contribution is 0.735. The van der Waals surface area contributed by atoms with E-state index in [2.05, 4.69) is 12.6 Å². The Labute approximate surface area is 60.3 Å². The van der Waals surface area contributed by atoms with Gasteiger partial charge in [0.1, 0.15) is 0 Å². The normalized spacial score (nSPS) is 29.8. The molecule has 0 amide bonds. The third-order valence-electron chi connectivity index (χ3n) is 1.29. The van der Waals surface area contributed by atoms with E-state index in [1.807, 2.05) is 6.08 Å². The van der Waals surface area contributed by atoms with Crippen LogP contribution in [0.2, 0.25) is 0 Å². The number of thiol groups is 1. The average molecular weight is 149 g/mol. The fourth-order valence-corrected chi connectivity index (χ4v) is 1.59. The molecule has 0 N–H and O–H groups in total. The molecule has 0 aliphatic heterocycles. The lowest BCUT2D eigenvalue weighted by Crippen LogP contribution is -1.99. The van der Waals surface area contributed by atoms with Crippen LogP contribution < -0.4 is 0 Å². The minimum absolute atomic E-state index is 0.413. The van der Waals surface area contributed by atoms with Gasteiger partial charge in [0.15, 0.2) is 0 Å². The molecule has 1 aliphatic carbocycles. The smallest absolute Gasteiger partial charge is 0.0211 e. The molecule has 1 atom stereocenters. The maximum Gasteiger partial charge on any atom is 0.0211 e. The van der Waals surface area contributed by atoms with E-state index in [9.17, 15) is 0 Å². The van der Waals surface area contributed by atoms with Gasteiger partial charge in [-0.3, -0.25) is 0 Å². The van der Waals surface area contributed by atoms with Crippen molar-refractivity contribution in [3.63, 3.8) is 0 Å². The van der Waals surface area contributed by atoms with Crippen molar-refractivity contribution in [1.29, 1.82) is 0 Å². The van der Waals surface area contributed by atoms with Gasteiger partial charge in [0.25, 0.3) is 0 Å². The molecule has 0 bridgehead atoms. The molecular formula is C6H9ClS. The van der Waals surface area contributed by atoms with Crippen molar-refractivity contribution in [3.8, 4) is 0 Å². The Balaban J connectivity index is 2.50. The maximum atomic E-state index is 5.72. The highest BCUT2D eigenvalue weighted by atomic mass is 35.5. The summed E-state index contributed by atoms with van der Waals surface area (Å²) in [4.78, 5) is 0. The summed E-state index contributed by atoms with van der Waals surface area (Å²) in [6.45, 7) is 0. The molecule has 2 heteroatoms. The summed E-state index contributed by atoms with van der Waals surface area (Å²) in [5.74, 6) is 0. The topological polar surface area (TPSA) is 0 Å². The summed E-state index contributed by atoms with van der Waals surface area (Å²) >= 11 is 9.98. The van der Waals surface area contributed by atoms with E-state index in [1.165, 1.54) is 12.8 Å². The highest BCUT2D eigenvalue weighted by Gasteiger charge is 2.06. The fourth-order valence-electron chi connectivity index (χ4n) is 0.855. The van der Waals surface area contributed by atoms with Gasteiger partial charge in [0.2, 0.25) is 0 Å². The molecule has 0 heterocycles. The number of hydrogen-bond acceptors (Lipinski definition) is 1. The Kier molecular flexibility index (Phi) is 2.27. The molecular weight excluding hydrogens is 140 g/mol. The molecule has 8 heavy (non-hydrogen) atoms. The van der Waals surface area contributed by atoms with E-state index < -0.39 is 0 Å². The van der Waals surface area contributed by atoms with Crippen molar-refractivity contribution in [2.45, 2.75) is 24.5 Å². The summed E-state index contributed by atoms with van der Waals surface area (Å²) in [6.07, 6.45) is 5.45. The molecule has 0 aromatic rings. The van der Waals surface area contributed by atoms with E-state index in [1.54, 1.807) is 0 Å². The molecule has 0 spiro atoms. The quantitative estimate of drug-likeness (QED) is 0.502. The predicted octanol–water partition coefficient (Wildman–Crippen LogP) is 2.59. The lowest BCUT2D eigenvalue weighted by Gasteiger charge is -2.11. The first-order valence-corrected chi connectivity index (χ1v) is 3.73. The third kappa shape index (κ3) is 1.71. The fraction of sp³-hybridized carbons (Fsp3) is 0.667.